The van der Waals surface area contributed by atoms with Crippen LogP contribution in [0.15, 0.2) is 12.1 Å². The molecular weight excluding hydrogens is 373 g/mol. The topological polar surface area (TPSA) is 88.2 Å². The molecule has 0 atom stereocenters. The molecule has 1 N–H and O–H groups in total. The Morgan fingerprint density at radius 3 is 2.65 bits per heavy atom. The molecule has 0 amide bonds. The van der Waals surface area contributed by atoms with E-state index in [1.165, 1.54) is 6.07 Å². The first kappa shape index (κ1) is 16.7. The van der Waals surface area contributed by atoms with Gasteiger partial charge < -0.3 is 10.1 Å². The molecular formula is C13H16IN3O3. The fourth-order valence-corrected chi connectivity index (χ4v) is 2.27. The van der Waals surface area contributed by atoms with Crippen molar-refractivity contribution < 1.29 is 9.66 Å². The van der Waals surface area contributed by atoms with Gasteiger partial charge in [-0.3, -0.25) is 10.1 Å². The highest BCUT2D eigenvalue weighted by Crippen LogP contribution is 2.33. The number of nitrogens with zero attached hydrogens (tertiary/aromatic N) is 2. The van der Waals surface area contributed by atoms with Crippen molar-refractivity contribution in [3.05, 3.63) is 31.4 Å². The van der Waals surface area contributed by atoms with E-state index in [4.69, 9.17) is 10.00 Å². The fraction of sp³-hybridized carbons (Fsp3) is 0.462. The Kier molecular flexibility index (Phi) is 5.71. The van der Waals surface area contributed by atoms with E-state index in [0.717, 1.165) is 0 Å². The first-order valence-electron chi connectivity index (χ1n) is 6.00. The van der Waals surface area contributed by atoms with Gasteiger partial charge in [-0.2, -0.15) is 5.26 Å². The van der Waals surface area contributed by atoms with Crippen LogP contribution in [0.3, 0.4) is 0 Å². The van der Waals surface area contributed by atoms with Gasteiger partial charge in [0.1, 0.15) is 6.61 Å². The van der Waals surface area contributed by atoms with Crippen molar-refractivity contribution in [1.29, 1.82) is 5.26 Å². The van der Waals surface area contributed by atoms with Crippen LogP contribution < -0.4 is 10.1 Å². The molecule has 1 aromatic rings. The van der Waals surface area contributed by atoms with Gasteiger partial charge in [0, 0.05) is 18.2 Å². The summed E-state index contributed by atoms with van der Waals surface area (Å²) in [7, 11) is 0. The SMILES string of the molecule is CC(C)(C)NCCOc1c(I)cc(C#N)cc1[N+](=O)[O-]. The zero-order chi connectivity index (χ0) is 15.3. The van der Waals surface area contributed by atoms with Gasteiger partial charge in [-0.15, -0.1) is 0 Å². The molecule has 0 radical (unpaired) electrons. The van der Waals surface area contributed by atoms with Crippen LogP contribution in [0.2, 0.25) is 0 Å². The van der Waals surface area contributed by atoms with E-state index in [0.29, 0.717) is 16.7 Å². The van der Waals surface area contributed by atoms with Gasteiger partial charge in [-0.1, -0.05) is 0 Å². The van der Waals surface area contributed by atoms with Crippen molar-refractivity contribution in [3.8, 4) is 11.8 Å². The van der Waals surface area contributed by atoms with E-state index in [-0.39, 0.29) is 22.5 Å². The Morgan fingerprint density at radius 1 is 1.50 bits per heavy atom. The minimum absolute atomic E-state index is 0.0346. The van der Waals surface area contributed by atoms with Crippen LogP contribution in [0.4, 0.5) is 5.69 Å². The molecule has 0 heterocycles. The highest BCUT2D eigenvalue weighted by molar-refractivity contribution is 14.1. The van der Waals surface area contributed by atoms with Crippen molar-refractivity contribution in [2.75, 3.05) is 13.2 Å². The maximum Gasteiger partial charge on any atom is 0.313 e. The quantitative estimate of drug-likeness (QED) is 0.362. The third kappa shape index (κ3) is 4.94. The fourth-order valence-electron chi connectivity index (χ4n) is 1.50. The van der Waals surface area contributed by atoms with Gasteiger partial charge in [0.05, 0.1) is 20.1 Å². The van der Waals surface area contributed by atoms with Crippen LogP contribution in [0.5, 0.6) is 5.75 Å². The zero-order valence-corrected chi connectivity index (χ0v) is 13.7. The molecule has 0 aliphatic carbocycles. The number of hydrogen-bond donors (Lipinski definition) is 1. The molecule has 0 aromatic heterocycles. The molecule has 7 heteroatoms. The van der Waals surface area contributed by atoms with Crippen molar-refractivity contribution in [3.63, 3.8) is 0 Å². The van der Waals surface area contributed by atoms with Crippen molar-refractivity contribution in [2.24, 2.45) is 0 Å². The van der Waals surface area contributed by atoms with Gasteiger partial charge in [0.15, 0.2) is 0 Å². The number of nitro groups is 1. The molecule has 20 heavy (non-hydrogen) atoms. The number of nitrogens with one attached hydrogen (secondary N) is 1. The molecule has 0 spiro atoms. The lowest BCUT2D eigenvalue weighted by Crippen LogP contribution is -2.38. The average Bonchev–Trinajstić information content (AvgIpc) is 2.33. The Balaban J connectivity index is 2.84. The summed E-state index contributed by atoms with van der Waals surface area (Å²) >= 11 is 1.94. The van der Waals surface area contributed by atoms with E-state index in [2.05, 4.69) is 5.32 Å². The third-order valence-corrected chi connectivity index (χ3v) is 3.15. The van der Waals surface area contributed by atoms with E-state index in [1.807, 2.05) is 49.4 Å². The first-order chi connectivity index (χ1) is 9.24. The smallest absolute Gasteiger partial charge is 0.313 e. The predicted octanol–water partition coefficient (Wildman–Crippen LogP) is 2.84. The maximum absolute atomic E-state index is 11.0. The van der Waals surface area contributed by atoms with Crippen LogP contribution in [0.1, 0.15) is 26.3 Å². The molecule has 0 aliphatic rings. The number of nitro benzene ring substituents is 1. The van der Waals surface area contributed by atoms with E-state index < -0.39 is 4.92 Å². The standard InChI is InChI=1S/C13H16IN3O3/c1-13(2,3)16-4-5-20-12-10(14)6-9(8-15)7-11(12)17(18)19/h6-7,16H,4-5H2,1-3H3. The molecule has 6 nitrogen and oxygen atoms in total. The van der Waals surface area contributed by atoms with Gasteiger partial charge in [-0.25, -0.2) is 0 Å². The summed E-state index contributed by atoms with van der Waals surface area (Å²) in [6, 6.07) is 4.70. The Hall–Kier alpha value is -1.40. The van der Waals surface area contributed by atoms with Crippen LogP contribution in [-0.2, 0) is 0 Å². The third-order valence-electron chi connectivity index (χ3n) is 2.35. The summed E-state index contributed by atoms with van der Waals surface area (Å²) in [6.07, 6.45) is 0. The Bertz CT molecular complexity index is 547. The number of halogens is 1. The number of nitriles is 1. The second kappa shape index (κ2) is 6.85. The minimum atomic E-state index is -0.532. The minimum Gasteiger partial charge on any atom is -0.485 e. The van der Waals surface area contributed by atoms with Crippen LogP contribution >= 0.6 is 22.6 Å². The molecule has 0 saturated heterocycles. The molecule has 0 aliphatic heterocycles. The lowest BCUT2D eigenvalue weighted by atomic mass is 10.1. The lowest BCUT2D eigenvalue weighted by Gasteiger charge is -2.20. The summed E-state index contributed by atoms with van der Waals surface area (Å²) in [5.41, 5.74) is 0.0399. The van der Waals surface area contributed by atoms with E-state index in [1.54, 1.807) is 6.07 Å². The molecule has 1 aromatic carbocycles. The van der Waals surface area contributed by atoms with Crippen molar-refractivity contribution in [1.82, 2.24) is 5.32 Å². The molecule has 0 unspecified atom stereocenters. The largest absolute Gasteiger partial charge is 0.485 e. The van der Waals surface area contributed by atoms with Gasteiger partial charge in [0.2, 0.25) is 5.75 Å². The number of rotatable bonds is 5. The molecule has 108 valence electrons. The van der Waals surface area contributed by atoms with Gasteiger partial charge >= 0.3 is 5.69 Å². The highest BCUT2D eigenvalue weighted by Gasteiger charge is 2.20. The maximum atomic E-state index is 11.0. The molecule has 0 bridgehead atoms. The summed E-state index contributed by atoms with van der Waals surface area (Å²) in [4.78, 5) is 10.5. The average molecular weight is 389 g/mol. The number of benzene rings is 1. The first-order valence-corrected chi connectivity index (χ1v) is 7.08. The molecule has 1 rings (SSSR count). The molecule has 0 fully saturated rings. The van der Waals surface area contributed by atoms with Crippen LogP contribution in [0, 0.1) is 25.0 Å². The monoisotopic (exact) mass is 389 g/mol. The summed E-state index contributed by atoms with van der Waals surface area (Å²) in [6.45, 7) is 6.99. The van der Waals surface area contributed by atoms with E-state index in [9.17, 15) is 10.1 Å². The van der Waals surface area contributed by atoms with Gasteiger partial charge in [0.25, 0.3) is 0 Å². The van der Waals surface area contributed by atoms with Gasteiger partial charge in [-0.05, 0) is 49.4 Å². The summed E-state index contributed by atoms with van der Waals surface area (Å²) in [5, 5.41) is 23.1. The number of hydrogen-bond acceptors (Lipinski definition) is 5. The summed E-state index contributed by atoms with van der Waals surface area (Å²) < 4.78 is 6.06. The van der Waals surface area contributed by atoms with Crippen LogP contribution in [0.25, 0.3) is 0 Å². The Labute approximate surface area is 131 Å². The highest BCUT2D eigenvalue weighted by atomic mass is 127. The predicted molar refractivity (Wildman–Crippen MR) is 83.8 cm³/mol. The normalized spacial score (nSPS) is 10.9. The number of ether oxygens (including phenoxy) is 1. The summed E-state index contributed by atoms with van der Waals surface area (Å²) in [5.74, 6) is 0.213. The zero-order valence-electron chi connectivity index (χ0n) is 11.6. The van der Waals surface area contributed by atoms with Crippen molar-refractivity contribution >= 4 is 28.3 Å². The van der Waals surface area contributed by atoms with Crippen molar-refractivity contribution in [2.45, 2.75) is 26.3 Å². The lowest BCUT2D eigenvalue weighted by molar-refractivity contribution is -0.386. The van der Waals surface area contributed by atoms with E-state index >= 15 is 0 Å². The Morgan fingerprint density at radius 2 is 2.15 bits per heavy atom. The second-order valence-corrected chi connectivity index (χ2v) is 6.36. The second-order valence-electron chi connectivity index (χ2n) is 5.20. The van der Waals surface area contributed by atoms with Crippen LogP contribution in [-0.4, -0.2) is 23.6 Å². The molecule has 0 saturated carbocycles.